The number of alkyl halides is 3. The van der Waals surface area contributed by atoms with Crippen LogP contribution in [-0.4, -0.2) is 53.5 Å². The molecule has 1 heterocycles. The lowest BCUT2D eigenvalue weighted by atomic mass is 10.1. The van der Waals surface area contributed by atoms with Crippen molar-refractivity contribution in [1.29, 1.82) is 0 Å². The molecule has 4 nitrogen and oxygen atoms in total. The van der Waals surface area contributed by atoms with Gasteiger partial charge in [-0.1, -0.05) is 0 Å². The van der Waals surface area contributed by atoms with E-state index in [1.165, 1.54) is 0 Å². The minimum absolute atomic E-state index is 0.00788. The molecule has 1 atom stereocenters. The van der Waals surface area contributed by atoms with E-state index in [-0.39, 0.29) is 29.6 Å². The monoisotopic (exact) mass is 342 g/mol. The normalized spacial score (nSPS) is 20.6. The van der Waals surface area contributed by atoms with Crippen LogP contribution in [0.2, 0.25) is 0 Å². The first-order valence-corrected chi connectivity index (χ1v) is 8.47. The van der Waals surface area contributed by atoms with Crippen LogP contribution in [0.5, 0.6) is 0 Å². The van der Waals surface area contributed by atoms with Crippen LogP contribution in [0.3, 0.4) is 0 Å². The lowest BCUT2D eigenvalue weighted by molar-refractivity contribution is -0.0327. The van der Waals surface area contributed by atoms with Crippen molar-refractivity contribution in [3.05, 3.63) is 0 Å². The largest absolute Gasteiger partial charge is 0.444 e. The summed E-state index contributed by atoms with van der Waals surface area (Å²) < 4.78 is 41.5. The van der Waals surface area contributed by atoms with Crippen LogP contribution < -0.4 is 5.32 Å². The summed E-state index contributed by atoms with van der Waals surface area (Å²) in [4.78, 5) is 13.7. The van der Waals surface area contributed by atoms with Gasteiger partial charge in [-0.15, -0.1) is 0 Å². The summed E-state index contributed by atoms with van der Waals surface area (Å²) in [6.07, 6.45) is 2.09. The number of thioether (sulfide) groups is 1. The van der Waals surface area contributed by atoms with Gasteiger partial charge in [-0.25, -0.2) is 4.79 Å². The van der Waals surface area contributed by atoms with Crippen molar-refractivity contribution in [2.75, 3.05) is 25.4 Å². The fourth-order valence-electron chi connectivity index (χ4n) is 2.24. The summed E-state index contributed by atoms with van der Waals surface area (Å²) in [5.41, 5.74) is -4.69. The van der Waals surface area contributed by atoms with Crippen LogP contribution in [-0.2, 0) is 4.74 Å². The molecule has 0 aromatic heterocycles. The van der Waals surface area contributed by atoms with Crippen LogP contribution in [0.1, 0.15) is 40.0 Å². The highest BCUT2D eigenvalue weighted by molar-refractivity contribution is 8.00. The summed E-state index contributed by atoms with van der Waals surface area (Å²) in [6.45, 7) is 6.99. The third-order valence-corrected chi connectivity index (χ3v) is 3.92. The molecule has 130 valence electrons. The molecule has 0 aliphatic carbocycles. The number of nitrogens with zero attached hydrogens (tertiary/aromatic N) is 1. The molecule has 1 rings (SSSR count). The lowest BCUT2D eigenvalue weighted by Crippen LogP contribution is -2.38. The molecule has 8 heteroatoms. The van der Waals surface area contributed by atoms with E-state index in [1.54, 1.807) is 4.90 Å². The van der Waals surface area contributed by atoms with E-state index >= 15 is 0 Å². The van der Waals surface area contributed by atoms with E-state index in [9.17, 15) is 18.0 Å². The summed E-state index contributed by atoms with van der Waals surface area (Å²) >= 11 is -0.00788. The Morgan fingerprint density at radius 3 is 2.55 bits per heavy atom. The first-order chi connectivity index (χ1) is 10.1. The van der Waals surface area contributed by atoms with Crippen LogP contribution in [0.25, 0.3) is 0 Å². The number of amides is 1. The van der Waals surface area contributed by atoms with Crippen molar-refractivity contribution in [1.82, 2.24) is 10.2 Å². The van der Waals surface area contributed by atoms with Gasteiger partial charge in [0, 0.05) is 31.4 Å². The number of likely N-dealkylation sites (tertiary alicyclic amines) is 1. The molecule has 0 bridgehead atoms. The molecular weight excluding hydrogens is 317 g/mol. The standard InChI is InChI=1S/C14H25F3N2O2S/c1-13(2,3)21-12(20)19-8-4-5-11(6-9-19)18-7-10-22-14(15,16)17/h11,18H,4-10H2,1-3H3. The number of ether oxygens (including phenoxy) is 1. The lowest BCUT2D eigenvalue weighted by Gasteiger charge is -2.26. The zero-order chi connectivity index (χ0) is 16.8. The first kappa shape index (κ1) is 19.4. The van der Waals surface area contributed by atoms with Crippen molar-refractivity contribution < 1.29 is 22.7 Å². The summed E-state index contributed by atoms with van der Waals surface area (Å²) in [7, 11) is 0. The van der Waals surface area contributed by atoms with Crippen molar-refractivity contribution in [2.45, 2.75) is 57.2 Å². The van der Waals surface area contributed by atoms with Gasteiger partial charge in [-0.05, 0) is 51.8 Å². The molecule has 0 radical (unpaired) electrons. The predicted octanol–water partition coefficient (Wildman–Crippen LogP) is 3.62. The van der Waals surface area contributed by atoms with Crippen molar-refractivity contribution in [3.8, 4) is 0 Å². The molecular formula is C14H25F3N2O2S. The average Bonchev–Trinajstić information content (AvgIpc) is 2.57. The summed E-state index contributed by atoms with van der Waals surface area (Å²) in [5.74, 6) is 0.00970. The summed E-state index contributed by atoms with van der Waals surface area (Å²) in [6, 6.07) is 0.154. The van der Waals surface area contributed by atoms with Gasteiger partial charge in [0.15, 0.2) is 0 Å². The van der Waals surface area contributed by atoms with Gasteiger partial charge in [0.2, 0.25) is 0 Å². The van der Waals surface area contributed by atoms with Crippen LogP contribution in [0.15, 0.2) is 0 Å². The van der Waals surface area contributed by atoms with Gasteiger partial charge >= 0.3 is 11.6 Å². The Kier molecular flexibility index (Phi) is 7.31. The predicted molar refractivity (Wildman–Crippen MR) is 82.0 cm³/mol. The smallest absolute Gasteiger partial charge is 0.441 e. The maximum absolute atomic E-state index is 12.0. The quantitative estimate of drug-likeness (QED) is 0.793. The van der Waals surface area contributed by atoms with Gasteiger partial charge in [0.1, 0.15) is 5.60 Å². The topological polar surface area (TPSA) is 41.6 Å². The Morgan fingerprint density at radius 2 is 1.95 bits per heavy atom. The van der Waals surface area contributed by atoms with E-state index in [4.69, 9.17) is 4.74 Å². The maximum atomic E-state index is 12.0. The number of hydrogen-bond acceptors (Lipinski definition) is 4. The molecule has 1 aliphatic heterocycles. The fourth-order valence-corrected chi connectivity index (χ4v) is 2.69. The van der Waals surface area contributed by atoms with Gasteiger partial charge in [0.25, 0.3) is 0 Å². The maximum Gasteiger partial charge on any atom is 0.441 e. The molecule has 1 fully saturated rings. The third-order valence-electron chi connectivity index (χ3n) is 3.18. The number of carbonyl (C=O) groups excluding carboxylic acids is 1. The molecule has 0 aromatic carbocycles. The molecule has 1 N–H and O–H groups in total. The Balaban J connectivity index is 2.29. The second-order valence-electron chi connectivity index (χ2n) is 6.34. The number of rotatable bonds is 4. The van der Waals surface area contributed by atoms with Crippen molar-refractivity contribution in [2.24, 2.45) is 0 Å². The molecule has 1 amide bonds. The van der Waals surface area contributed by atoms with Crippen molar-refractivity contribution >= 4 is 17.9 Å². The van der Waals surface area contributed by atoms with Crippen LogP contribution in [0, 0.1) is 0 Å². The molecule has 1 aliphatic rings. The molecule has 0 saturated carbocycles. The highest BCUT2D eigenvalue weighted by Crippen LogP contribution is 2.29. The fraction of sp³-hybridized carbons (Fsp3) is 0.929. The first-order valence-electron chi connectivity index (χ1n) is 7.49. The Hall–Kier alpha value is -0.630. The van der Waals surface area contributed by atoms with Crippen LogP contribution in [0.4, 0.5) is 18.0 Å². The number of carbonyl (C=O) groups is 1. The van der Waals surface area contributed by atoms with Gasteiger partial charge < -0.3 is 15.0 Å². The third kappa shape index (κ3) is 8.73. The Morgan fingerprint density at radius 1 is 1.27 bits per heavy atom. The zero-order valence-electron chi connectivity index (χ0n) is 13.3. The van der Waals surface area contributed by atoms with Crippen molar-refractivity contribution in [3.63, 3.8) is 0 Å². The highest BCUT2D eigenvalue weighted by Gasteiger charge is 2.28. The second-order valence-corrected chi connectivity index (χ2v) is 7.50. The van der Waals surface area contributed by atoms with E-state index < -0.39 is 11.1 Å². The highest BCUT2D eigenvalue weighted by atomic mass is 32.2. The Bertz CT molecular complexity index is 359. The van der Waals surface area contributed by atoms with E-state index in [1.807, 2.05) is 20.8 Å². The van der Waals surface area contributed by atoms with Crippen LogP contribution >= 0.6 is 11.8 Å². The SMILES string of the molecule is CC(C)(C)OC(=O)N1CCCC(NCCSC(F)(F)F)CC1. The van der Waals surface area contributed by atoms with E-state index in [0.29, 0.717) is 19.6 Å². The van der Waals surface area contributed by atoms with Gasteiger partial charge in [-0.3, -0.25) is 0 Å². The molecule has 1 saturated heterocycles. The second kappa shape index (κ2) is 8.29. The molecule has 0 spiro atoms. The van der Waals surface area contributed by atoms with Gasteiger partial charge in [0.05, 0.1) is 0 Å². The minimum Gasteiger partial charge on any atom is -0.444 e. The minimum atomic E-state index is -4.17. The van der Waals surface area contributed by atoms with Gasteiger partial charge in [-0.2, -0.15) is 13.2 Å². The Labute approximate surface area is 134 Å². The number of hydrogen-bond donors (Lipinski definition) is 1. The zero-order valence-corrected chi connectivity index (χ0v) is 14.1. The molecule has 22 heavy (non-hydrogen) atoms. The number of halogens is 3. The summed E-state index contributed by atoms with van der Waals surface area (Å²) in [5, 5.41) is 3.14. The average molecular weight is 342 g/mol. The molecule has 1 unspecified atom stereocenters. The number of nitrogens with one attached hydrogen (secondary N) is 1. The molecule has 0 aromatic rings. The van der Waals surface area contributed by atoms with E-state index in [0.717, 1.165) is 19.3 Å². The van der Waals surface area contributed by atoms with E-state index in [2.05, 4.69) is 5.32 Å².